The number of aromatic hydroxyl groups is 1. The number of rotatable bonds is 4. The first-order valence-electron chi connectivity index (χ1n) is 6.14. The maximum Gasteiger partial charge on any atom is 0.312 e. The van der Waals surface area contributed by atoms with Gasteiger partial charge in [-0.15, -0.1) is 0 Å². The molecule has 118 valence electrons. The van der Waals surface area contributed by atoms with Crippen molar-refractivity contribution in [3.63, 3.8) is 0 Å². The van der Waals surface area contributed by atoms with Crippen LogP contribution in [0.4, 0.5) is 5.69 Å². The third-order valence-electron chi connectivity index (χ3n) is 2.74. The molecule has 0 unspecified atom stereocenters. The van der Waals surface area contributed by atoms with Gasteiger partial charge < -0.3 is 5.11 Å². The number of nitrogens with zero attached hydrogens (tertiary/aromatic N) is 2. The van der Waals surface area contributed by atoms with Gasteiger partial charge in [-0.05, 0) is 24.3 Å². The van der Waals surface area contributed by atoms with Gasteiger partial charge in [-0.1, -0.05) is 33.6 Å². The first-order chi connectivity index (χ1) is 10.9. The van der Waals surface area contributed by atoms with Crippen LogP contribution < -0.4 is 5.43 Å². The van der Waals surface area contributed by atoms with E-state index >= 15 is 0 Å². The van der Waals surface area contributed by atoms with Gasteiger partial charge in [0, 0.05) is 26.7 Å². The molecular weight excluding hydrogens is 390 g/mol. The number of carbonyl (C=O) groups is 1. The highest BCUT2D eigenvalue weighted by atomic mass is 79.9. The number of nitro benzene ring substituents is 1. The minimum atomic E-state index is -0.720. The van der Waals surface area contributed by atoms with Crippen LogP contribution in [0.25, 0.3) is 0 Å². The minimum Gasteiger partial charge on any atom is -0.502 e. The topological polar surface area (TPSA) is 105 Å². The van der Waals surface area contributed by atoms with Crippen LogP contribution in [0.1, 0.15) is 15.9 Å². The van der Waals surface area contributed by atoms with Gasteiger partial charge in [0.25, 0.3) is 5.91 Å². The molecule has 0 aliphatic rings. The zero-order valence-corrected chi connectivity index (χ0v) is 13.7. The van der Waals surface area contributed by atoms with E-state index in [0.29, 0.717) is 15.1 Å². The van der Waals surface area contributed by atoms with Crippen LogP contribution in [-0.4, -0.2) is 22.2 Å². The average molecular weight is 399 g/mol. The molecule has 0 bridgehead atoms. The number of halogens is 2. The smallest absolute Gasteiger partial charge is 0.312 e. The van der Waals surface area contributed by atoms with Gasteiger partial charge in [0.05, 0.1) is 11.1 Å². The molecule has 0 saturated carbocycles. The molecule has 0 atom stereocenters. The lowest BCUT2D eigenvalue weighted by atomic mass is 10.2. The van der Waals surface area contributed by atoms with Gasteiger partial charge in [0.15, 0.2) is 0 Å². The fourth-order valence-corrected chi connectivity index (χ4v) is 2.35. The Kier molecular flexibility index (Phi) is 5.30. The van der Waals surface area contributed by atoms with Crippen molar-refractivity contribution in [2.75, 3.05) is 0 Å². The first-order valence-corrected chi connectivity index (χ1v) is 7.31. The molecular formula is C14H9BrClN3O4. The lowest BCUT2D eigenvalue weighted by molar-refractivity contribution is -0.385. The number of hydrogen-bond acceptors (Lipinski definition) is 5. The molecule has 0 fully saturated rings. The van der Waals surface area contributed by atoms with Crippen LogP contribution >= 0.6 is 27.5 Å². The average Bonchev–Trinajstić information content (AvgIpc) is 2.49. The van der Waals surface area contributed by atoms with E-state index in [9.17, 15) is 20.0 Å². The molecule has 0 aliphatic heterocycles. The number of nitro groups is 1. The normalized spacial score (nSPS) is 10.7. The van der Waals surface area contributed by atoms with Crippen LogP contribution in [0.15, 0.2) is 46.0 Å². The fraction of sp³-hybridized carbons (Fsp3) is 0. The zero-order chi connectivity index (χ0) is 17.0. The summed E-state index contributed by atoms with van der Waals surface area (Å²) < 4.78 is 0.393. The van der Waals surface area contributed by atoms with Gasteiger partial charge in [0.1, 0.15) is 0 Å². The molecule has 1 amide bonds. The Bertz CT molecular complexity index is 811. The van der Waals surface area contributed by atoms with Crippen molar-refractivity contribution < 1.29 is 14.8 Å². The Hall–Kier alpha value is -2.45. The molecule has 2 rings (SSSR count). The second-order valence-electron chi connectivity index (χ2n) is 4.33. The van der Waals surface area contributed by atoms with E-state index in [1.807, 2.05) is 0 Å². The lowest BCUT2D eigenvalue weighted by Gasteiger charge is -2.02. The summed E-state index contributed by atoms with van der Waals surface area (Å²) in [6.07, 6.45) is 1.11. The van der Waals surface area contributed by atoms with Crippen molar-refractivity contribution in [1.82, 2.24) is 5.43 Å². The van der Waals surface area contributed by atoms with E-state index in [1.54, 1.807) is 18.2 Å². The number of carbonyl (C=O) groups excluding carboxylic acids is 1. The van der Waals surface area contributed by atoms with E-state index in [1.165, 1.54) is 12.1 Å². The summed E-state index contributed by atoms with van der Waals surface area (Å²) in [5.74, 6) is -1.05. The number of hydrogen-bond donors (Lipinski definition) is 2. The third kappa shape index (κ3) is 4.27. The standard InChI is InChI=1S/C14H9BrClN3O4/c15-10-4-9(13(20)12(6-10)19(22)23)7-17-18-14(21)8-2-1-3-11(16)5-8/h1-7,20H,(H,18,21)/b17-7-. The number of phenolic OH excluding ortho intramolecular Hbond substituents is 1. The van der Waals surface area contributed by atoms with Gasteiger partial charge >= 0.3 is 5.69 Å². The van der Waals surface area contributed by atoms with Crippen LogP contribution in [0, 0.1) is 10.1 Å². The van der Waals surface area contributed by atoms with Crippen LogP contribution in [0.2, 0.25) is 5.02 Å². The molecule has 2 aromatic rings. The SMILES string of the molecule is O=C(N/N=C\c1cc(Br)cc([N+](=O)[O-])c1O)c1cccc(Cl)c1. The summed E-state index contributed by atoms with van der Waals surface area (Å²) >= 11 is 8.89. The lowest BCUT2D eigenvalue weighted by Crippen LogP contribution is -2.17. The molecule has 0 saturated heterocycles. The van der Waals surface area contributed by atoms with Gasteiger partial charge in [-0.3, -0.25) is 14.9 Å². The zero-order valence-electron chi connectivity index (χ0n) is 11.4. The van der Waals surface area contributed by atoms with E-state index in [2.05, 4.69) is 26.5 Å². The van der Waals surface area contributed by atoms with Crippen molar-refractivity contribution in [2.24, 2.45) is 5.10 Å². The Labute approximate surface area is 143 Å². The minimum absolute atomic E-state index is 0.0810. The maximum absolute atomic E-state index is 11.9. The predicted molar refractivity (Wildman–Crippen MR) is 89.0 cm³/mol. The molecule has 2 N–H and O–H groups in total. The summed E-state index contributed by atoms with van der Waals surface area (Å²) in [4.78, 5) is 22.0. The molecule has 0 aromatic heterocycles. The van der Waals surface area contributed by atoms with Crippen molar-refractivity contribution in [1.29, 1.82) is 0 Å². The Morgan fingerprint density at radius 1 is 1.39 bits per heavy atom. The largest absolute Gasteiger partial charge is 0.502 e. The quantitative estimate of drug-likeness (QED) is 0.467. The monoisotopic (exact) mass is 397 g/mol. The Morgan fingerprint density at radius 2 is 2.13 bits per heavy atom. The summed E-state index contributed by atoms with van der Waals surface area (Å²) in [5, 5.41) is 24.7. The second-order valence-corrected chi connectivity index (χ2v) is 5.68. The van der Waals surface area contributed by atoms with E-state index in [0.717, 1.165) is 12.3 Å². The van der Waals surface area contributed by atoms with Gasteiger partial charge in [-0.25, -0.2) is 5.43 Å². The van der Waals surface area contributed by atoms with E-state index in [4.69, 9.17) is 11.6 Å². The molecule has 0 radical (unpaired) electrons. The van der Waals surface area contributed by atoms with Crippen molar-refractivity contribution in [3.8, 4) is 5.75 Å². The highest BCUT2D eigenvalue weighted by Crippen LogP contribution is 2.32. The highest BCUT2D eigenvalue weighted by molar-refractivity contribution is 9.10. The van der Waals surface area contributed by atoms with Crippen molar-refractivity contribution in [3.05, 3.63) is 67.1 Å². The summed E-state index contributed by atoms with van der Waals surface area (Å²) in [6.45, 7) is 0. The van der Waals surface area contributed by atoms with Crippen LogP contribution in [0.3, 0.4) is 0 Å². The van der Waals surface area contributed by atoms with Crippen molar-refractivity contribution >= 4 is 45.3 Å². The number of phenols is 1. The van der Waals surface area contributed by atoms with Gasteiger partial charge in [0.2, 0.25) is 5.75 Å². The molecule has 9 heteroatoms. The molecule has 0 spiro atoms. The molecule has 23 heavy (non-hydrogen) atoms. The van der Waals surface area contributed by atoms with Gasteiger partial charge in [-0.2, -0.15) is 5.10 Å². The highest BCUT2D eigenvalue weighted by Gasteiger charge is 2.17. The Morgan fingerprint density at radius 3 is 2.78 bits per heavy atom. The predicted octanol–water partition coefficient (Wildman–Crippen LogP) is 3.48. The molecule has 7 nitrogen and oxygen atoms in total. The number of benzene rings is 2. The number of amides is 1. The van der Waals surface area contributed by atoms with E-state index < -0.39 is 22.3 Å². The molecule has 0 heterocycles. The third-order valence-corrected chi connectivity index (χ3v) is 3.43. The van der Waals surface area contributed by atoms with Crippen LogP contribution in [0.5, 0.6) is 5.75 Å². The Balaban J connectivity index is 2.18. The summed E-state index contributed by atoms with van der Waals surface area (Å²) in [6, 6.07) is 8.85. The van der Waals surface area contributed by atoms with Crippen LogP contribution in [-0.2, 0) is 0 Å². The summed E-state index contributed by atoms with van der Waals surface area (Å²) in [7, 11) is 0. The second kappa shape index (κ2) is 7.21. The fourth-order valence-electron chi connectivity index (χ4n) is 1.70. The van der Waals surface area contributed by atoms with E-state index in [-0.39, 0.29) is 5.56 Å². The molecule has 2 aromatic carbocycles. The summed E-state index contributed by atoms with van der Waals surface area (Å²) in [5.41, 5.74) is 2.16. The number of nitrogens with one attached hydrogen (secondary N) is 1. The maximum atomic E-state index is 11.9. The molecule has 0 aliphatic carbocycles. The number of hydrazone groups is 1. The first kappa shape index (κ1) is 16.9. The van der Waals surface area contributed by atoms with Crippen molar-refractivity contribution in [2.45, 2.75) is 0 Å².